The Kier molecular flexibility index (Phi) is 28.2. The Morgan fingerprint density at radius 2 is 0.764 bits per heavy atom. The second-order valence-electron chi connectivity index (χ2n) is 38.0. The second kappa shape index (κ2) is 41.8. The Morgan fingerprint density at radius 1 is 0.385 bits per heavy atom. The van der Waals surface area contributed by atoms with Gasteiger partial charge < -0.3 is 30.7 Å². The second-order valence-corrected chi connectivity index (χ2v) is 46.0. The number of nitrogens with one attached hydrogen (secondary N) is 6. The Morgan fingerprint density at radius 3 is 1.16 bits per heavy atom. The Balaban J connectivity index is 0.000000135. The van der Waals surface area contributed by atoms with E-state index in [9.17, 15) is 62.8 Å². The summed E-state index contributed by atoms with van der Waals surface area (Å²) in [4.78, 5) is 132. The number of H-pyrrole nitrogens is 3. The highest BCUT2D eigenvalue weighted by Crippen LogP contribution is 2.43. The van der Waals surface area contributed by atoms with Gasteiger partial charge in [0.25, 0.3) is 0 Å². The number of nitrogens with zero attached hydrogens (tertiary/aromatic N) is 18. The topological polar surface area (TPSA) is 462 Å². The summed E-state index contributed by atoms with van der Waals surface area (Å²) in [5, 5.41) is 33.7. The van der Waals surface area contributed by atoms with Gasteiger partial charge in [-0.2, -0.15) is 15.3 Å². The van der Waals surface area contributed by atoms with Crippen LogP contribution < -0.4 is 16.0 Å². The molecule has 6 aromatic carbocycles. The molecule has 7 aliphatic rings. The van der Waals surface area contributed by atoms with Crippen molar-refractivity contribution in [2.24, 2.45) is 0 Å². The average molecular weight is 2070 g/mol. The molecule has 6 aliphatic heterocycles. The van der Waals surface area contributed by atoms with Crippen LogP contribution in [0.15, 0.2) is 244 Å². The molecule has 15 heterocycles. The molecule has 0 spiro atoms. The molecule has 756 valence electrons. The average Bonchev–Trinajstić information content (AvgIpc) is 1.60. The van der Waals surface area contributed by atoms with E-state index in [0.29, 0.717) is 150 Å². The third kappa shape index (κ3) is 21.3. The zero-order valence-corrected chi connectivity index (χ0v) is 84.0. The highest BCUT2D eigenvalue weighted by molar-refractivity contribution is 7.93. The molecule has 6 amide bonds. The summed E-state index contributed by atoms with van der Waals surface area (Å²) in [5.74, 6) is -0.615. The molecule has 3 atom stereocenters. The number of likely N-dealkylation sites (tertiary alicyclic amines) is 3. The van der Waals surface area contributed by atoms with Gasteiger partial charge in [0.15, 0.2) is 61.2 Å². The zero-order valence-electron chi connectivity index (χ0n) is 80.8. The number of hydrogen-bond donors (Lipinski definition) is 6. The molecule has 42 heteroatoms. The first-order valence-electron chi connectivity index (χ1n) is 48.2. The quantitative estimate of drug-likeness (QED) is 0.0309. The van der Waals surface area contributed by atoms with Crippen LogP contribution in [0.25, 0.3) is 117 Å². The fourth-order valence-corrected chi connectivity index (χ4v) is 24.4. The minimum Gasteiger partial charge on any atom is -0.338 e. The monoisotopic (exact) mass is 2070 g/mol. The number of aromatic amines is 3. The summed E-state index contributed by atoms with van der Waals surface area (Å²) in [6, 6.07) is 48.6. The predicted molar refractivity (Wildman–Crippen MR) is 559 cm³/mol. The van der Waals surface area contributed by atoms with E-state index in [1.54, 1.807) is 170 Å². The van der Waals surface area contributed by atoms with Gasteiger partial charge in [-0.1, -0.05) is 42.5 Å². The van der Waals surface area contributed by atoms with Crippen LogP contribution in [0.2, 0.25) is 0 Å². The third-order valence-electron chi connectivity index (χ3n) is 28.4. The number of hydrogen-bond acceptors (Lipinski definition) is 28. The molecule has 148 heavy (non-hydrogen) atoms. The Bertz CT molecular complexity index is 8090. The van der Waals surface area contributed by atoms with Gasteiger partial charge in [-0.05, 0) is 219 Å². The van der Waals surface area contributed by atoms with E-state index in [1.165, 1.54) is 35.6 Å². The van der Waals surface area contributed by atoms with Crippen molar-refractivity contribution in [2.45, 2.75) is 71.5 Å². The van der Waals surface area contributed by atoms with Gasteiger partial charge in [0.05, 0.1) is 58.1 Å². The van der Waals surface area contributed by atoms with Crippen molar-refractivity contribution >= 4 is 143 Å². The minimum absolute atomic E-state index is 0.000243. The fourth-order valence-electron chi connectivity index (χ4n) is 19.7. The molecule has 36 nitrogen and oxygen atoms in total. The summed E-state index contributed by atoms with van der Waals surface area (Å²) in [5.41, 5.74) is 15.6. The number of carbonyl (C=O) groups excluding carboxylic acids is 6. The number of rotatable bonds is 25. The van der Waals surface area contributed by atoms with Crippen LogP contribution in [0.4, 0.5) is 25.8 Å². The lowest BCUT2D eigenvalue weighted by Gasteiger charge is -2.29. The number of aromatic nitrogens is 15. The summed E-state index contributed by atoms with van der Waals surface area (Å²) in [7, 11) is -11.6. The van der Waals surface area contributed by atoms with Crippen LogP contribution in [-0.2, 0) is 58.3 Å². The molecular weight excluding hydrogens is 1970 g/mol. The summed E-state index contributed by atoms with van der Waals surface area (Å²) < 4.78 is 101. The van der Waals surface area contributed by atoms with E-state index in [-0.39, 0.29) is 101 Å². The lowest BCUT2D eigenvalue weighted by molar-refractivity contribution is -0.132. The van der Waals surface area contributed by atoms with Gasteiger partial charge in [0.1, 0.15) is 22.3 Å². The van der Waals surface area contributed by atoms with Crippen LogP contribution in [0.3, 0.4) is 0 Å². The predicted octanol–water partition coefficient (Wildman–Crippen LogP) is 12.7. The number of anilines is 3. The maximum atomic E-state index is 13.9. The SMILES string of the molecule is CS(=O)(=O)[C@@]1(C(=O)Nc2ccc3[nH]nc(-c4ccc(F)cc4)c3c2)CCN(CC(=O)N2CC=C(c3ccc(-c4ncccn4)cn3)CC2)C1.CS(=O)(=O)[C@@]1(C(=O)Nc2ccc3[nH]nc(-c4ccc(F)cc4)c3c2)CCN(CC(=O)N2CC=C(c3ncc(-c4ncccn4)s3)CC2)C1.CS(=O)(=O)[C@@]1(C(=O)Nc2ccc3[nH]nc(-c4ccnc(C5CC5)c4)c3c2)CCN(CC(=O)N2CC=C(c3ccc(-c4ncccn4)cc3)CC2)C1. The summed E-state index contributed by atoms with van der Waals surface area (Å²) in [6.45, 7) is 3.48. The number of fused-ring (bicyclic) bond motifs is 3. The molecule has 6 N–H and O–H groups in total. The molecule has 4 fully saturated rings. The maximum Gasteiger partial charge on any atom is 0.247 e. The number of sulfone groups is 3. The van der Waals surface area contributed by atoms with Crippen molar-refractivity contribution in [3.05, 3.63) is 277 Å². The molecule has 0 unspecified atom stereocenters. The number of pyridine rings is 2. The zero-order chi connectivity index (χ0) is 103. The van der Waals surface area contributed by atoms with Gasteiger partial charge in [-0.15, -0.1) is 11.3 Å². The maximum absolute atomic E-state index is 13.9. The lowest BCUT2D eigenvalue weighted by atomic mass is 9.98. The van der Waals surface area contributed by atoms with Crippen LogP contribution in [0, 0.1) is 11.6 Å². The molecule has 1 aliphatic carbocycles. The van der Waals surface area contributed by atoms with Gasteiger partial charge in [-0.3, -0.25) is 68.7 Å². The van der Waals surface area contributed by atoms with E-state index >= 15 is 0 Å². The molecule has 1 saturated carbocycles. The number of thiazole rings is 1. The molecule has 0 radical (unpaired) electrons. The molecule has 3 saturated heterocycles. The van der Waals surface area contributed by atoms with E-state index in [0.717, 1.165) is 108 Å². The van der Waals surface area contributed by atoms with Gasteiger partial charge in [-0.25, -0.2) is 68.9 Å². The number of amides is 6. The fraction of sp³-hybridized carbons (Fsp3) is 0.283. The molecule has 15 aromatic rings. The molecular formula is C106H102F2N24O12S4. The van der Waals surface area contributed by atoms with E-state index in [1.807, 2.05) is 66.7 Å². The van der Waals surface area contributed by atoms with Gasteiger partial charge in [0, 0.05) is 226 Å². The van der Waals surface area contributed by atoms with Crippen LogP contribution in [-0.4, -0.2) is 297 Å². The lowest BCUT2D eigenvalue weighted by Crippen LogP contribution is -2.52. The normalized spacial score (nSPS) is 18.9. The van der Waals surface area contributed by atoms with Crippen molar-refractivity contribution in [2.75, 3.05) is 133 Å². The van der Waals surface area contributed by atoms with Crippen LogP contribution >= 0.6 is 11.3 Å². The molecule has 9 aromatic heterocycles. The first kappa shape index (κ1) is 99.9. The summed E-state index contributed by atoms with van der Waals surface area (Å²) in [6.07, 6.45) is 29.2. The van der Waals surface area contributed by atoms with Crippen LogP contribution in [0.1, 0.15) is 79.2 Å². The molecule has 0 bridgehead atoms. The van der Waals surface area contributed by atoms with Crippen molar-refractivity contribution in [1.29, 1.82) is 0 Å². The van der Waals surface area contributed by atoms with E-state index in [4.69, 9.17) is 0 Å². The standard InChI is InChI=1S/C38H38N8O4S.C35H33FN8O4S.C33H31FN8O4S2/c1-51(49,50)38(37(48)42-30-9-10-32-31(22-30)35(44-43-32)29-11-17-39-33(21-29)27-5-6-27)14-20-45(24-38)23-34(47)46-18-12-26(13-19-46)25-3-7-28(8-4-25)36-40-15-2-16-41-36;1-49(47,48)35(34(46)40-27-8-10-30-28(19-27)32(42-41-30)24-3-6-26(36)7-4-24)13-18-43(22-35)21-31(45)44-16-11-23(12-17-44)29-9-5-25(20-39-29)33-37-14-2-15-38-33;1-48(45,46)33(32(44)38-24-7-8-26-25(17-24)29(40-39-26)21-3-5-23(34)6-4-21)11-16-41(20-33)19-28(43)42-14-9-22(10-15-42)31-37-18-27(47-31)30-35-12-2-13-36-30/h2-4,7-12,15-17,21-22,27H,5-6,13-14,18-20,23-24H2,1H3,(H,42,48)(H,43,44);2-11,14-15,19-20H,12-13,16-18,21-22H2,1H3,(H,40,46)(H,41,42);2-9,12-13,17-18H,10-11,14-16,19-20H2,1H3,(H,38,44)(H,39,40)/t38-;35-;33-/m000/s1. The van der Waals surface area contributed by atoms with E-state index in [2.05, 4.69) is 104 Å². The molecule has 22 rings (SSSR count). The first-order valence-corrected chi connectivity index (χ1v) is 54.7. The highest BCUT2D eigenvalue weighted by Gasteiger charge is 2.56. The van der Waals surface area contributed by atoms with Crippen molar-refractivity contribution in [3.63, 3.8) is 0 Å². The number of halogens is 2. The van der Waals surface area contributed by atoms with Crippen molar-refractivity contribution in [3.8, 4) is 67.2 Å². The van der Waals surface area contributed by atoms with E-state index < -0.39 is 61.5 Å². The minimum atomic E-state index is -3.88. The summed E-state index contributed by atoms with van der Waals surface area (Å²) >= 11 is 1.51. The largest absolute Gasteiger partial charge is 0.338 e. The van der Waals surface area contributed by atoms with Crippen LogP contribution in [0.5, 0.6) is 0 Å². The Labute approximate surface area is 854 Å². The smallest absolute Gasteiger partial charge is 0.247 e. The third-order valence-corrected chi connectivity index (χ3v) is 35.3. The van der Waals surface area contributed by atoms with Gasteiger partial charge >= 0.3 is 0 Å². The van der Waals surface area contributed by atoms with Crippen molar-refractivity contribution < 1.29 is 62.8 Å². The van der Waals surface area contributed by atoms with Gasteiger partial charge in [0.2, 0.25) is 35.4 Å². The Hall–Kier alpha value is -15.5. The number of benzene rings is 6. The van der Waals surface area contributed by atoms with Crippen molar-refractivity contribution in [1.82, 2.24) is 105 Å². The highest BCUT2D eigenvalue weighted by atomic mass is 32.2. The number of carbonyl (C=O) groups is 6. The first-order chi connectivity index (χ1) is 71.3.